The molecule has 2 aromatic rings. The molecule has 0 radical (unpaired) electrons. The second-order valence-electron chi connectivity index (χ2n) is 4.49. The molecule has 2 rings (SSSR count). The van der Waals surface area contributed by atoms with Crippen LogP contribution in [0.25, 0.3) is 0 Å². The van der Waals surface area contributed by atoms with Gasteiger partial charge in [0.1, 0.15) is 12.7 Å². The highest BCUT2D eigenvalue weighted by Gasteiger charge is 2.09. The van der Waals surface area contributed by atoms with Crippen molar-refractivity contribution in [1.82, 2.24) is 0 Å². The summed E-state index contributed by atoms with van der Waals surface area (Å²) in [5, 5.41) is 11.7. The van der Waals surface area contributed by atoms with E-state index in [2.05, 4.69) is 0 Å². The molecule has 0 aliphatic heterocycles. The lowest BCUT2D eigenvalue weighted by Crippen LogP contribution is -2.23. The van der Waals surface area contributed by atoms with Crippen LogP contribution in [0, 0.1) is 12.7 Å². The largest absolute Gasteiger partial charge is 0.488 e. The first kappa shape index (κ1) is 15.0. The van der Waals surface area contributed by atoms with Crippen LogP contribution in [-0.4, -0.2) is 24.4 Å². The third-order valence-corrected chi connectivity index (χ3v) is 3.50. The minimum Gasteiger partial charge on any atom is -0.488 e. The minimum atomic E-state index is -0.783. The molecular weight excluding hydrogens is 279 g/mol. The molecule has 1 aromatic heterocycles. The summed E-state index contributed by atoms with van der Waals surface area (Å²) in [7, 11) is 0. The van der Waals surface area contributed by atoms with Crippen LogP contribution in [0.5, 0.6) is 5.75 Å². The van der Waals surface area contributed by atoms with Crippen LogP contribution in [0.2, 0.25) is 0 Å². The third kappa shape index (κ3) is 4.59. The van der Waals surface area contributed by atoms with Gasteiger partial charge in [-0.2, -0.15) is 0 Å². The number of hydrogen-bond acceptors (Lipinski definition) is 4. The van der Waals surface area contributed by atoms with Crippen molar-refractivity contribution in [2.45, 2.75) is 19.6 Å². The van der Waals surface area contributed by atoms with Gasteiger partial charge >= 0.3 is 0 Å². The standard InChI is InChI=1S/C15H17FO3S/c1-11-4-5-14(16)15(7-11)19-9-12(17)8-18-10-13-3-2-6-20-13/h2-7,12,17H,8-10H2,1H3. The van der Waals surface area contributed by atoms with Crippen molar-refractivity contribution in [2.75, 3.05) is 13.2 Å². The minimum absolute atomic E-state index is 0.00478. The summed E-state index contributed by atoms with van der Waals surface area (Å²) in [6.45, 7) is 2.48. The van der Waals surface area contributed by atoms with Gasteiger partial charge in [0.25, 0.3) is 0 Å². The van der Waals surface area contributed by atoms with Gasteiger partial charge in [0.15, 0.2) is 11.6 Å². The Balaban J connectivity index is 1.71. The van der Waals surface area contributed by atoms with Gasteiger partial charge < -0.3 is 14.6 Å². The normalized spacial score (nSPS) is 12.3. The maximum Gasteiger partial charge on any atom is 0.165 e. The summed E-state index contributed by atoms with van der Waals surface area (Å²) in [5.74, 6) is -0.274. The molecule has 0 saturated heterocycles. The van der Waals surface area contributed by atoms with E-state index in [1.165, 1.54) is 6.07 Å². The Morgan fingerprint density at radius 1 is 1.30 bits per heavy atom. The van der Waals surface area contributed by atoms with Crippen LogP contribution in [-0.2, 0) is 11.3 Å². The molecular formula is C15H17FO3S. The smallest absolute Gasteiger partial charge is 0.165 e. The first-order valence-corrected chi connectivity index (χ1v) is 7.20. The van der Waals surface area contributed by atoms with E-state index in [1.807, 2.05) is 24.4 Å². The first-order chi connectivity index (χ1) is 9.65. The fourth-order valence-corrected chi connectivity index (χ4v) is 2.29. The maximum absolute atomic E-state index is 13.4. The number of aliphatic hydroxyl groups is 1. The highest BCUT2D eigenvalue weighted by Crippen LogP contribution is 2.18. The lowest BCUT2D eigenvalue weighted by Gasteiger charge is -2.13. The van der Waals surface area contributed by atoms with E-state index in [1.54, 1.807) is 23.5 Å². The molecule has 3 nitrogen and oxygen atoms in total. The van der Waals surface area contributed by atoms with Gasteiger partial charge in [-0.05, 0) is 36.1 Å². The van der Waals surface area contributed by atoms with Gasteiger partial charge in [-0.15, -0.1) is 11.3 Å². The molecule has 1 aromatic carbocycles. The molecule has 0 spiro atoms. The number of benzene rings is 1. The van der Waals surface area contributed by atoms with Gasteiger partial charge in [0.2, 0.25) is 0 Å². The fraction of sp³-hybridized carbons (Fsp3) is 0.333. The predicted molar refractivity (Wildman–Crippen MR) is 76.6 cm³/mol. The quantitative estimate of drug-likeness (QED) is 0.853. The average Bonchev–Trinajstić information content (AvgIpc) is 2.93. The van der Waals surface area contributed by atoms with E-state index in [0.717, 1.165) is 10.4 Å². The number of rotatable bonds is 7. The molecule has 0 fully saturated rings. The Bertz CT molecular complexity index is 528. The highest BCUT2D eigenvalue weighted by atomic mass is 32.1. The molecule has 20 heavy (non-hydrogen) atoms. The lowest BCUT2D eigenvalue weighted by molar-refractivity contribution is 0.00559. The zero-order valence-corrected chi connectivity index (χ0v) is 12.0. The lowest BCUT2D eigenvalue weighted by atomic mass is 10.2. The van der Waals surface area contributed by atoms with Gasteiger partial charge in [0.05, 0.1) is 13.2 Å². The van der Waals surface area contributed by atoms with E-state index in [0.29, 0.717) is 6.61 Å². The zero-order chi connectivity index (χ0) is 14.4. The van der Waals surface area contributed by atoms with Crippen LogP contribution in [0.4, 0.5) is 4.39 Å². The van der Waals surface area contributed by atoms with Gasteiger partial charge in [0, 0.05) is 4.88 Å². The molecule has 0 amide bonds. The van der Waals surface area contributed by atoms with Gasteiger partial charge in [-0.1, -0.05) is 12.1 Å². The molecule has 0 saturated carbocycles. The summed E-state index contributed by atoms with van der Waals surface area (Å²) in [6.07, 6.45) is -0.783. The van der Waals surface area contributed by atoms with Crippen LogP contribution in [0.1, 0.15) is 10.4 Å². The second kappa shape index (κ2) is 7.38. The molecule has 5 heteroatoms. The topological polar surface area (TPSA) is 38.7 Å². The molecule has 108 valence electrons. The zero-order valence-electron chi connectivity index (χ0n) is 11.2. The average molecular weight is 296 g/mol. The monoisotopic (exact) mass is 296 g/mol. The van der Waals surface area contributed by atoms with Gasteiger partial charge in [-0.3, -0.25) is 0 Å². The Hall–Kier alpha value is -1.43. The van der Waals surface area contributed by atoms with Crippen molar-refractivity contribution in [3.8, 4) is 5.75 Å². The summed E-state index contributed by atoms with van der Waals surface area (Å²) in [5.41, 5.74) is 0.907. The van der Waals surface area contributed by atoms with Crippen LogP contribution < -0.4 is 4.74 Å². The van der Waals surface area contributed by atoms with Crippen LogP contribution in [0.3, 0.4) is 0 Å². The Kier molecular flexibility index (Phi) is 5.52. The van der Waals surface area contributed by atoms with Crippen LogP contribution in [0.15, 0.2) is 35.7 Å². The van der Waals surface area contributed by atoms with Crippen molar-refractivity contribution in [3.63, 3.8) is 0 Å². The van der Waals surface area contributed by atoms with Crippen molar-refractivity contribution >= 4 is 11.3 Å². The summed E-state index contributed by atoms with van der Waals surface area (Å²) in [6, 6.07) is 8.54. The third-order valence-electron chi connectivity index (χ3n) is 2.65. The Morgan fingerprint density at radius 3 is 2.90 bits per heavy atom. The highest BCUT2D eigenvalue weighted by molar-refractivity contribution is 7.09. The summed E-state index contributed by atoms with van der Waals surface area (Å²) < 4.78 is 24.1. The van der Waals surface area contributed by atoms with Crippen molar-refractivity contribution in [2.24, 2.45) is 0 Å². The first-order valence-electron chi connectivity index (χ1n) is 6.32. The number of thiophene rings is 1. The van der Waals surface area contributed by atoms with Gasteiger partial charge in [-0.25, -0.2) is 4.39 Å². The SMILES string of the molecule is Cc1ccc(F)c(OCC(O)COCc2cccs2)c1. The molecule has 0 bridgehead atoms. The van der Waals surface area contributed by atoms with Crippen LogP contribution >= 0.6 is 11.3 Å². The summed E-state index contributed by atoms with van der Waals surface area (Å²) >= 11 is 1.60. The second-order valence-corrected chi connectivity index (χ2v) is 5.53. The Labute approximate surface area is 121 Å². The van der Waals surface area contributed by atoms with Crippen molar-refractivity contribution in [3.05, 3.63) is 52.0 Å². The number of ether oxygens (including phenoxy) is 2. The van der Waals surface area contributed by atoms with Crippen molar-refractivity contribution < 1.29 is 19.0 Å². The molecule has 1 heterocycles. The number of hydrogen-bond donors (Lipinski definition) is 1. The van der Waals surface area contributed by atoms with Crippen molar-refractivity contribution in [1.29, 1.82) is 0 Å². The van der Waals surface area contributed by atoms with E-state index in [4.69, 9.17) is 9.47 Å². The fourth-order valence-electron chi connectivity index (χ4n) is 1.65. The molecule has 1 N–H and O–H groups in total. The predicted octanol–water partition coefficient (Wildman–Crippen LogP) is 3.15. The summed E-state index contributed by atoms with van der Waals surface area (Å²) in [4.78, 5) is 1.10. The van der Waals surface area contributed by atoms with E-state index >= 15 is 0 Å². The molecule has 1 unspecified atom stereocenters. The Morgan fingerprint density at radius 2 is 2.15 bits per heavy atom. The van der Waals surface area contributed by atoms with E-state index < -0.39 is 11.9 Å². The maximum atomic E-state index is 13.4. The molecule has 1 atom stereocenters. The number of halogens is 1. The molecule has 0 aliphatic carbocycles. The van der Waals surface area contributed by atoms with E-state index in [-0.39, 0.29) is 19.0 Å². The number of aryl methyl sites for hydroxylation is 1. The number of aliphatic hydroxyl groups excluding tert-OH is 1. The van der Waals surface area contributed by atoms with E-state index in [9.17, 15) is 9.50 Å². The molecule has 0 aliphatic rings.